The van der Waals surface area contributed by atoms with Gasteiger partial charge in [-0.2, -0.15) is 0 Å². The summed E-state index contributed by atoms with van der Waals surface area (Å²) in [7, 11) is 0. The molecule has 2 heterocycles. The number of halogens is 1. The molecule has 0 radical (unpaired) electrons. The molecule has 2 fully saturated rings. The zero-order chi connectivity index (χ0) is 19.4. The van der Waals surface area contributed by atoms with Gasteiger partial charge in [-0.05, 0) is 37.8 Å². The van der Waals surface area contributed by atoms with Crippen LogP contribution in [-0.2, 0) is 9.59 Å². The lowest BCUT2D eigenvalue weighted by Gasteiger charge is -2.35. The van der Waals surface area contributed by atoms with E-state index in [0.717, 1.165) is 44.0 Å². The molecule has 27 heavy (non-hydrogen) atoms. The summed E-state index contributed by atoms with van der Waals surface area (Å²) in [6, 6.07) is 6.60. The van der Waals surface area contributed by atoms with Gasteiger partial charge in [0.15, 0.2) is 0 Å². The number of thioether (sulfide) groups is 1. The highest BCUT2D eigenvalue weighted by atomic mass is 32.2. The summed E-state index contributed by atoms with van der Waals surface area (Å²) < 4.78 is 14.3. The van der Waals surface area contributed by atoms with Crippen molar-refractivity contribution in [2.45, 2.75) is 45.1 Å². The average Bonchev–Trinajstić information content (AvgIpc) is 2.94. The molecule has 2 amide bonds. The van der Waals surface area contributed by atoms with Crippen molar-refractivity contribution in [3.05, 3.63) is 40.6 Å². The first-order valence-electron chi connectivity index (χ1n) is 9.30. The van der Waals surface area contributed by atoms with E-state index in [4.69, 9.17) is 12.2 Å². The second-order valence-electron chi connectivity index (χ2n) is 6.75. The van der Waals surface area contributed by atoms with E-state index in [-0.39, 0.29) is 30.6 Å². The standard InChI is InChI=1S/C20H23FN2O2S2/c1-2-15-8-5-6-11-22(15)18(24)10-12-23-19(25)17(27-20(23)26)13-14-7-3-4-9-16(14)21/h3-4,7,9,13,15H,2,5-6,8,10-12H2,1H3/b17-13+. The number of piperidine rings is 1. The van der Waals surface area contributed by atoms with Crippen molar-refractivity contribution in [3.8, 4) is 0 Å². The molecule has 1 aromatic carbocycles. The number of hydrogen-bond donors (Lipinski definition) is 0. The van der Waals surface area contributed by atoms with Crippen LogP contribution >= 0.6 is 24.0 Å². The van der Waals surface area contributed by atoms with Crippen LogP contribution in [0.1, 0.15) is 44.6 Å². The largest absolute Gasteiger partial charge is 0.340 e. The number of rotatable bonds is 5. The van der Waals surface area contributed by atoms with Crippen molar-refractivity contribution < 1.29 is 14.0 Å². The summed E-state index contributed by atoms with van der Waals surface area (Å²) in [5.74, 6) is -0.561. The predicted octanol–water partition coefficient (Wildman–Crippen LogP) is 4.21. The quantitative estimate of drug-likeness (QED) is 0.543. The third kappa shape index (κ3) is 4.58. The SMILES string of the molecule is CCC1CCCCN1C(=O)CCN1C(=O)/C(=C\c2ccccc2F)SC1=S. The fraction of sp³-hybridized carbons (Fsp3) is 0.450. The number of likely N-dealkylation sites (tertiary alicyclic amines) is 1. The van der Waals surface area contributed by atoms with E-state index in [2.05, 4.69) is 6.92 Å². The molecule has 0 spiro atoms. The molecule has 1 unspecified atom stereocenters. The molecule has 2 aliphatic heterocycles. The monoisotopic (exact) mass is 406 g/mol. The maximum absolute atomic E-state index is 13.8. The van der Waals surface area contributed by atoms with Crippen molar-refractivity contribution in [2.75, 3.05) is 13.1 Å². The Labute approximate surface area is 168 Å². The Balaban J connectivity index is 1.64. The van der Waals surface area contributed by atoms with E-state index < -0.39 is 0 Å². The summed E-state index contributed by atoms with van der Waals surface area (Å²) in [5, 5.41) is 0. The summed E-state index contributed by atoms with van der Waals surface area (Å²) in [5.41, 5.74) is 0.355. The topological polar surface area (TPSA) is 40.6 Å². The van der Waals surface area contributed by atoms with E-state index in [1.807, 2.05) is 4.90 Å². The first-order chi connectivity index (χ1) is 13.0. The maximum atomic E-state index is 13.8. The molecule has 3 rings (SSSR count). The van der Waals surface area contributed by atoms with Crippen molar-refractivity contribution >= 4 is 46.2 Å². The van der Waals surface area contributed by atoms with Crippen LogP contribution in [0.2, 0.25) is 0 Å². The lowest BCUT2D eigenvalue weighted by Crippen LogP contribution is -2.44. The molecule has 144 valence electrons. The van der Waals surface area contributed by atoms with Gasteiger partial charge < -0.3 is 4.90 Å². The number of benzene rings is 1. The van der Waals surface area contributed by atoms with Gasteiger partial charge in [0.1, 0.15) is 10.1 Å². The minimum absolute atomic E-state index is 0.0775. The Morgan fingerprint density at radius 3 is 2.89 bits per heavy atom. The van der Waals surface area contributed by atoms with Crippen LogP contribution in [0.25, 0.3) is 6.08 Å². The van der Waals surface area contributed by atoms with Gasteiger partial charge in [-0.15, -0.1) is 0 Å². The second-order valence-corrected chi connectivity index (χ2v) is 8.43. The Morgan fingerprint density at radius 2 is 2.15 bits per heavy atom. The average molecular weight is 407 g/mol. The molecule has 0 N–H and O–H groups in total. The smallest absolute Gasteiger partial charge is 0.266 e. The van der Waals surface area contributed by atoms with Crippen LogP contribution in [-0.4, -0.2) is 45.1 Å². The fourth-order valence-corrected chi connectivity index (χ4v) is 4.83. The molecular weight excluding hydrogens is 383 g/mol. The van der Waals surface area contributed by atoms with Gasteiger partial charge in [0.25, 0.3) is 5.91 Å². The summed E-state index contributed by atoms with van der Waals surface area (Å²) in [6.45, 7) is 3.17. The molecule has 7 heteroatoms. The number of carbonyl (C=O) groups is 2. The molecule has 0 aliphatic carbocycles. The fourth-order valence-electron chi connectivity index (χ4n) is 3.53. The lowest BCUT2D eigenvalue weighted by atomic mass is 9.99. The second kappa shape index (κ2) is 8.97. The Kier molecular flexibility index (Phi) is 6.65. The number of carbonyl (C=O) groups excluding carboxylic acids is 2. The van der Waals surface area contributed by atoms with Gasteiger partial charge in [-0.1, -0.05) is 49.1 Å². The van der Waals surface area contributed by atoms with Crippen molar-refractivity contribution in [2.24, 2.45) is 0 Å². The van der Waals surface area contributed by atoms with Crippen LogP contribution in [0, 0.1) is 5.82 Å². The van der Waals surface area contributed by atoms with E-state index in [1.54, 1.807) is 18.2 Å². The van der Waals surface area contributed by atoms with E-state index in [9.17, 15) is 14.0 Å². The van der Waals surface area contributed by atoms with Crippen LogP contribution in [0.5, 0.6) is 0 Å². The normalized spacial score (nSPS) is 22.0. The van der Waals surface area contributed by atoms with Crippen LogP contribution in [0.4, 0.5) is 4.39 Å². The Bertz CT molecular complexity index is 781. The van der Waals surface area contributed by atoms with Crippen molar-refractivity contribution in [1.82, 2.24) is 9.80 Å². The van der Waals surface area contributed by atoms with E-state index in [0.29, 0.717) is 20.8 Å². The van der Waals surface area contributed by atoms with E-state index in [1.165, 1.54) is 17.0 Å². The summed E-state index contributed by atoms with van der Waals surface area (Å²) >= 11 is 6.46. The molecule has 0 saturated carbocycles. The number of amides is 2. The minimum Gasteiger partial charge on any atom is -0.340 e. The first kappa shape index (κ1) is 20.0. The van der Waals surface area contributed by atoms with Gasteiger partial charge in [-0.25, -0.2) is 4.39 Å². The molecular formula is C20H23FN2O2S2. The maximum Gasteiger partial charge on any atom is 0.266 e. The molecule has 2 aliphatic rings. The van der Waals surface area contributed by atoms with Gasteiger partial charge in [0, 0.05) is 31.1 Å². The number of nitrogens with zero attached hydrogens (tertiary/aromatic N) is 2. The zero-order valence-corrected chi connectivity index (χ0v) is 17.0. The summed E-state index contributed by atoms with van der Waals surface area (Å²) in [4.78, 5) is 29.1. The third-order valence-corrected chi connectivity index (χ3v) is 6.41. The van der Waals surface area contributed by atoms with Crippen LogP contribution < -0.4 is 0 Å². The lowest BCUT2D eigenvalue weighted by molar-refractivity contribution is -0.135. The number of thiocarbonyl (C=S) groups is 1. The highest BCUT2D eigenvalue weighted by Crippen LogP contribution is 2.33. The molecule has 2 saturated heterocycles. The predicted molar refractivity (Wildman–Crippen MR) is 111 cm³/mol. The van der Waals surface area contributed by atoms with Crippen molar-refractivity contribution in [1.29, 1.82) is 0 Å². The third-order valence-electron chi connectivity index (χ3n) is 5.03. The molecule has 0 bridgehead atoms. The van der Waals surface area contributed by atoms with Gasteiger partial charge in [0.2, 0.25) is 5.91 Å². The Hall–Kier alpha value is -1.73. The molecule has 0 aromatic heterocycles. The molecule has 4 nitrogen and oxygen atoms in total. The van der Waals surface area contributed by atoms with Crippen LogP contribution in [0.15, 0.2) is 29.2 Å². The highest BCUT2D eigenvalue weighted by Gasteiger charge is 2.33. The number of hydrogen-bond acceptors (Lipinski definition) is 4. The van der Waals surface area contributed by atoms with Gasteiger partial charge in [-0.3, -0.25) is 14.5 Å². The minimum atomic E-state index is -0.381. The molecule has 1 aromatic rings. The zero-order valence-electron chi connectivity index (χ0n) is 15.3. The van der Waals surface area contributed by atoms with Crippen LogP contribution in [0.3, 0.4) is 0 Å². The van der Waals surface area contributed by atoms with Crippen molar-refractivity contribution in [3.63, 3.8) is 0 Å². The van der Waals surface area contributed by atoms with Gasteiger partial charge >= 0.3 is 0 Å². The van der Waals surface area contributed by atoms with E-state index >= 15 is 0 Å². The summed E-state index contributed by atoms with van der Waals surface area (Å²) in [6.07, 6.45) is 5.99. The van der Waals surface area contributed by atoms with Gasteiger partial charge in [0.05, 0.1) is 4.91 Å². The highest BCUT2D eigenvalue weighted by molar-refractivity contribution is 8.26. The first-order valence-corrected chi connectivity index (χ1v) is 10.5. The Morgan fingerprint density at radius 1 is 1.37 bits per heavy atom. The molecule has 1 atom stereocenters.